The number of ether oxygens (including phenoxy) is 3. The quantitative estimate of drug-likeness (QED) is 0.673. The van der Waals surface area contributed by atoms with Crippen LogP contribution in [0.3, 0.4) is 0 Å². The van der Waals surface area contributed by atoms with Gasteiger partial charge in [0.1, 0.15) is 17.2 Å². The number of likely N-dealkylation sites (N-methyl/N-ethyl adjacent to an activating group) is 1. The normalized spacial score (nSPS) is 12.1. The molecule has 0 saturated carbocycles. The van der Waals surface area contributed by atoms with Crippen LogP contribution >= 0.6 is 0 Å². The van der Waals surface area contributed by atoms with Crippen LogP contribution in [-0.2, 0) is 4.79 Å². The number of hydrogen-bond donors (Lipinski definition) is 1. The first kappa shape index (κ1) is 21.3. The standard InChI is InChI=1S/C22H28N2O4/c1-24(2)20(16-6-10-18(26-3)11-7-16)15-23-22(25)13-9-17-8-12-19(27-4)14-21(17)28-5/h6-14,20H,15H2,1-5H3,(H,23,25)/b13-9+. The molecule has 28 heavy (non-hydrogen) atoms. The highest BCUT2D eigenvalue weighted by atomic mass is 16.5. The second kappa shape index (κ2) is 10.4. The van der Waals surface area contributed by atoms with E-state index < -0.39 is 0 Å². The molecule has 1 atom stereocenters. The van der Waals surface area contributed by atoms with E-state index >= 15 is 0 Å². The molecule has 1 amide bonds. The van der Waals surface area contributed by atoms with Crippen molar-refractivity contribution in [1.29, 1.82) is 0 Å². The second-order valence-corrected chi connectivity index (χ2v) is 6.44. The van der Waals surface area contributed by atoms with E-state index in [1.54, 1.807) is 33.5 Å². The largest absolute Gasteiger partial charge is 0.497 e. The summed E-state index contributed by atoms with van der Waals surface area (Å²) in [6.07, 6.45) is 3.23. The van der Waals surface area contributed by atoms with Gasteiger partial charge in [0, 0.05) is 24.3 Å². The highest BCUT2D eigenvalue weighted by Gasteiger charge is 2.15. The van der Waals surface area contributed by atoms with Gasteiger partial charge in [0.05, 0.1) is 27.4 Å². The average molecular weight is 384 g/mol. The van der Waals surface area contributed by atoms with Crippen molar-refractivity contribution in [2.24, 2.45) is 0 Å². The van der Waals surface area contributed by atoms with E-state index in [4.69, 9.17) is 14.2 Å². The van der Waals surface area contributed by atoms with Gasteiger partial charge < -0.3 is 24.4 Å². The molecule has 1 unspecified atom stereocenters. The number of methoxy groups -OCH3 is 3. The number of amides is 1. The molecule has 2 rings (SSSR count). The van der Waals surface area contributed by atoms with Crippen LogP contribution in [0.15, 0.2) is 48.5 Å². The fraction of sp³-hybridized carbons (Fsp3) is 0.318. The molecule has 0 fully saturated rings. The molecule has 0 aliphatic carbocycles. The summed E-state index contributed by atoms with van der Waals surface area (Å²) < 4.78 is 15.7. The summed E-state index contributed by atoms with van der Waals surface area (Å²) in [6, 6.07) is 13.4. The highest BCUT2D eigenvalue weighted by Crippen LogP contribution is 2.25. The summed E-state index contributed by atoms with van der Waals surface area (Å²) in [5, 5.41) is 2.96. The lowest BCUT2D eigenvalue weighted by Crippen LogP contribution is -2.33. The first-order valence-corrected chi connectivity index (χ1v) is 8.96. The first-order valence-electron chi connectivity index (χ1n) is 8.96. The van der Waals surface area contributed by atoms with Gasteiger partial charge in [0.25, 0.3) is 0 Å². The maximum absolute atomic E-state index is 12.3. The Morgan fingerprint density at radius 2 is 1.64 bits per heavy atom. The minimum atomic E-state index is -0.168. The van der Waals surface area contributed by atoms with Crippen molar-refractivity contribution in [2.45, 2.75) is 6.04 Å². The molecule has 6 heteroatoms. The van der Waals surface area contributed by atoms with Crippen LogP contribution in [0.2, 0.25) is 0 Å². The lowest BCUT2D eigenvalue weighted by Gasteiger charge is -2.25. The van der Waals surface area contributed by atoms with Crippen molar-refractivity contribution < 1.29 is 19.0 Å². The number of benzene rings is 2. The first-order chi connectivity index (χ1) is 13.5. The molecule has 0 heterocycles. The van der Waals surface area contributed by atoms with Gasteiger partial charge >= 0.3 is 0 Å². The van der Waals surface area contributed by atoms with Crippen molar-refractivity contribution >= 4 is 12.0 Å². The van der Waals surface area contributed by atoms with E-state index in [9.17, 15) is 4.79 Å². The number of carbonyl (C=O) groups excluding carboxylic acids is 1. The number of rotatable bonds is 9. The zero-order valence-electron chi connectivity index (χ0n) is 17.1. The molecule has 0 spiro atoms. The zero-order chi connectivity index (χ0) is 20.5. The topological polar surface area (TPSA) is 60.0 Å². The van der Waals surface area contributed by atoms with Gasteiger partial charge in [-0.25, -0.2) is 0 Å². The lowest BCUT2D eigenvalue weighted by atomic mass is 10.1. The predicted octanol–water partition coefficient (Wildman–Crippen LogP) is 3.14. The van der Waals surface area contributed by atoms with Crippen LogP contribution in [0, 0.1) is 0 Å². The van der Waals surface area contributed by atoms with E-state index in [0.29, 0.717) is 18.0 Å². The van der Waals surface area contributed by atoms with Gasteiger partial charge in [-0.1, -0.05) is 12.1 Å². The molecule has 0 bridgehead atoms. The maximum Gasteiger partial charge on any atom is 0.244 e. The maximum atomic E-state index is 12.3. The van der Waals surface area contributed by atoms with Gasteiger partial charge in [-0.3, -0.25) is 4.79 Å². The number of carbonyl (C=O) groups is 1. The van der Waals surface area contributed by atoms with Crippen molar-refractivity contribution in [3.05, 3.63) is 59.7 Å². The Bertz CT molecular complexity index is 801. The molecule has 0 saturated heterocycles. The Hall–Kier alpha value is -2.99. The van der Waals surface area contributed by atoms with Gasteiger partial charge in [-0.2, -0.15) is 0 Å². The Morgan fingerprint density at radius 1 is 1.00 bits per heavy atom. The van der Waals surface area contributed by atoms with E-state index in [2.05, 4.69) is 10.2 Å². The molecule has 2 aromatic carbocycles. The molecule has 1 N–H and O–H groups in total. The third-order valence-corrected chi connectivity index (χ3v) is 4.45. The Labute approximate surface area is 166 Å². The molecule has 0 radical (unpaired) electrons. The minimum Gasteiger partial charge on any atom is -0.497 e. The van der Waals surface area contributed by atoms with Crippen molar-refractivity contribution in [2.75, 3.05) is 42.0 Å². The van der Waals surface area contributed by atoms with Crippen LogP contribution in [0.1, 0.15) is 17.2 Å². The molecule has 2 aromatic rings. The summed E-state index contributed by atoms with van der Waals surface area (Å²) in [6.45, 7) is 0.488. The summed E-state index contributed by atoms with van der Waals surface area (Å²) in [4.78, 5) is 14.4. The fourth-order valence-corrected chi connectivity index (χ4v) is 2.80. The van der Waals surface area contributed by atoms with E-state index in [0.717, 1.165) is 16.9 Å². The van der Waals surface area contributed by atoms with Gasteiger partial charge in [0.15, 0.2) is 0 Å². The molecule has 0 aliphatic heterocycles. The van der Waals surface area contributed by atoms with Crippen LogP contribution < -0.4 is 19.5 Å². The van der Waals surface area contributed by atoms with Gasteiger partial charge in [-0.15, -0.1) is 0 Å². The fourth-order valence-electron chi connectivity index (χ4n) is 2.80. The van der Waals surface area contributed by atoms with Gasteiger partial charge in [0.2, 0.25) is 5.91 Å². The monoisotopic (exact) mass is 384 g/mol. The van der Waals surface area contributed by atoms with Crippen LogP contribution in [0.5, 0.6) is 17.2 Å². The van der Waals surface area contributed by atoms with Gasteiger partial charge in [-0.05, 0) is 50.0 Å². The van der Waals surface area contributed by atoms with Crippen LogP contribution in [0.4, 0.5) is 0 Å². The zero-order valence-corrected chi connectivity index (χ0v) is 17.1. The Kier molecular flexibility index (Phi) is 7.89. The number of nitrogens with one attached hydrogen (secondary N) is 1. The summed E-state index contributed by atoms with van der Waals surface area (Å²) in [5.74, 6) is 1.99. The summed E-state index contributed by atoms with van der Waals surface area (Å²) in [7, 11) is 8.80. The molecular formula is C22H28N2O4. The van der Waals surface area contributed by atoms with E-state index in [1.807, 2.05) is 50.5 Å². The Balaban J connectivity index is 2.02. The SMILES string of the molecule is COc1ccc(C(CNC(=O)/C=C/c2ccc(OC)cc2OC)N(C)C)cc1. The molecular weight excluding hydrogens is 356 g/mol. The van der Waals surface area contributed by atoms with E-state index in [1.165, 1.54) is 6.08 Å². The molecule has 0 aliphatic rings. The predicted molar refractivity (Wildman–Crippen MR) is 111 cm³/mol. The smallest absolute Gasteiger partial charge is 0.244 e. The van der Waals surface area contributed by atoms with Crippen molar-refractivity contribution in [1.82, 2.24) is 10.2 Å². The van der Waals surface area contributed by atoms with Crippen LogP contribution in [-0.4, -0.2) is 52.8 Å². The molecule has 150 valence electrons. The third-order valence-electron chi connectivity index (χ3n) is 4.45. The Morgan fingerprint density at radius 3 is 2.21 bits per heavy atom. The molecule has 6 nitrogen and oxygen atoms in total. The minimum absolute atomic E-state index is 0.0544. The van der Waals surface area contributed by atoms with E-state index in [-0.39, 0.29) is 11.9 Å². The summed E-state index contributed by atoms with van der Waals surface area (Å²) in [5.41, 5.74) is 1.91. The lowest BCUT2D eigenvalue weighted by molar-refractivity contribution is -0.116. The van der Waals surface area contributed by atoms with Crippen molar-refractivity contribution in [3.8, 4) is 17.2 Å². The highest BCUT2D eigenvalue weighted by molar-refractivity contribution is 5.92. The number of nitrogens with zero attached hydrogens (tertiary/aromatic N) is 1. The van der Waals surface area contributed by atoms with Crippen molar-refractivity contribution in [3.63, 3.8) is 0 Å². The second-order valence-electron chi connectivity index (χ2n) is 6.44. The number of hydrogen-bond acceptors (Lipinski definition) is 5. The molecule has 0 aromatic heterocycles. The summed E-state index contributed by atoms with van der Waals surface area (Å²) >= 11 is 0. The average Bonchev–Trinajstić information content (AvgIpc) is 2.72. The van der Waals surface area contributed by atoms with Crippen LogP contribution in [0.25, 0.3) is 6.08 Å². The third kappa shape index (κ3) is 5.76.